The van der Waals surface area contributed by atoms with E-state index in [0.29, 0.717) is 12.8 Å². The highest BCUT2D eigenvalue weighted by Crippen LogP contribution is 2.17. The zero-order valence-electron chi connectivity index (χ0n) is 27.0. The SMILES string of the molecule is CCCC/C=C\C/C=C\CCCCCCCC(=O)OC(CCCCC)CCCCCC(=O)NCC(=O)NC(CO)C(=O)O. The lowest BCUT2D eigenvalue weighted by Gasteiger charge is -2.18. The molecule has 9 heteroatoms. The Kier molecular flexibility index (Phi) is 27.6. The lowest BCUT2D eigenvalue weighted by atomic mass is 10.0. The van der Waals surface area contributed by atoms with Crippen molar-refractivity contribution < 1.29 is 34.1 Å². The van der Waals surface area contributed by atoms with Crippen LogP contribution in [0.5, 0.6) is 0 Å². The van der Waals surface area contributed by atoms with E-state index in [1.807, 2.05) is 0 Å². The number of hydrogen-bond acceptors (Lipinski definition) is 6. The standard InChI is InChI=1S/C34H60N2O7/c1-3-5-7-8-9-10-11-12-13-14-15-16-17-22-26-33(40)43-29(23-19-6-4-2)24-20-18-21-25-31(38)35-27-32(39)36-30(28-37)34(41)42/h8-9,11-12,29-30,37H,3-7,10,13-28H2,1-2H3,(H,35,38)(H,36,39)(H,41,42)/b9-8-,12-11-. The third-order valence-electron chi connectivity index (χ3n) is 7.20. The number of esters is 1. The summed E-state index contributed by atoms with van der Waals surface area (Å²) in [6.45, 7) is 3.30. The summed E-state index contributed by atoms with van der Waals surface area (Å²) in [6.07, 6.45) is 28.1. The molecule has 2 amide bonds. The first-order chi connectivity index (χ1) is 20.8. The van der Waals surface area contributed by atoms with E-state index in [1.165, 1.54) is 32.1 Å². The third kappa shape index (κ3) is 26.7. The maximum absolute atomic E-state index is 12.5. The van der Waals surface area contributed by atoms with Crippen LogP contribution in [-0.4, -0.2) is 59.3 Å². The number of rotatable bonds is 29. The Labute approximate surface area is 260 Å². The van der Waals surface area contributed by atoms with E-state index in [-0.39, 0.29) is 30.9 Å². The van der Waals surface area contributed by atoms with Crippen LogP contribution in [0.4, 0.5) is 0 Å². The summed E-state index contributed by atoms with van der Waals surface area (Å²) in [5.41, 5.74) is 0. The Morgan fingerprint density at radius 2 is 1.28 bits per heavy atom. The highest BCUT2D eigenvalue weighted by molar-refractivity contribution is 5.87. The van der Waals surface area contributed by atoms with E-state index in [0.717, 1.165) is 77.0 Å². The largest absolute Gasteiger partial charge is 0.480 e. The summed E-state index contributed by atoms with van der Waals surface area (Å²) in [5, 5.41) is 22.4. The number of aliphatic hydroxyl groups is 1. The van der Waals surface area contributed by atoms with Crippen LogP contribution in [0.15, 0.2) is 24.3 Å². The Bertz CT molecular complexity index is 798. The second kappa shape index (κ2) is 29.4. The minimum Gasteiger partial charge on any atom is -0.480 e. The molecule has 0 aromatic carbocycles. The van der Waals surface area contributed by atoms with Crippen molar-refractivity contribution in [2.45, 2.75) is 154 Å². The lowest BCUT2D eigenvalue weighted by Crippen LogP contribution is -2.47. The zero-order chi connectivity index (χ0) is 32.0. The normalized spacial score (nSPS) is 12.8. The first kappa shape index (κ1) is 40.3. The zero-order valence-corrected chi connectivity index (χ0v) is 27.0. The minimum absolute atomic E-state index is 0.0847. The molecule has 0 aromatic rings. The fourth-order valence-corrected chi connectivity index (χ4v) is 4.55. The Hall–Kier alpha value is -2.68. The molecular formula is C34H60N2O7. The summed E-state index contributed by atoms with van der Waals surface area (Å²) in [5.74, 6) is -2.41. The predicted molar refractivity (Wildman–Crippen MR) is 172 cm³/mol. The summed E-state index contributed by atoms with van der Waals surface area (Å²) < 4.78 is 5.82. The van der Waals surface area contributed by atoms with Gasteiger partial charge in [0.15, 0.2) is 0 Å². The van der Waals surface area contributed by atoms with Gasteiger partial charge < -0.3 is 25.6 Å². The molecule has 0 saturated heterocycles. The van der Waals surface area contributed by atoms with E-state index < -0.39 is 24.5 Å². The molecule has 0 rings (SSSR count). The molecule has 0 fully saturated rings. The Morgan fingerprint density at radius 1 is 0.698 bits per heavy atom. The maximum Gasteiger partial charge on any atom is 0.328 e. The molecule has 0 heterocycles. The highest BCUT2D eigenvalue weighted by atomic mass is 16.5. The van der Waals surface area contributed by atoms with Gasteiger partial charge in [-0.2, -0.15) is 0 Å². The van der Waals surface area contributed by atoms with Gasteiger partial charge in [0.2, 0.25) is 11.8 Å². The molecule has 0 aliphatic rings. The first-order valence-corrected chi connectivity index (χ1v) is 16.7. The summed E-state index contributed by atoms with van der Waals surface area (Å²) in [6, 6.07) is -1.39. The number of carboxylic acid groups (broad SMARTS) is 1. The molecule has 0 saturated carbocycles. The molecule has 0 aliphatic carbocycles. The van der Waals surface area contributed by atoms with E-state index in [9.17, 15) is 19.2 Å². The van der Waals surface area contributed by atoms with Gasteiger partial charge in [-0.3, -0.25) is 14.4 Å². The number of unbranched alkanes of at least 4 members (excludes halogenated alkanes) is 11. The van der Waals surface area contributed by atoms with Gasteiger partial charge in [0, 0.05) is 12.8 Å². The van der Waals surface area contributed by atoms with Gasteiger partial charge in [0.25, 0.3) is 0 Å². The molecule has 0 bridgehead atoms. The second-order valence-corrected chi connectivity index (χ2v) is 11.3. The maximum atomic E-state index is 12.5. The molecule has 0 spiro atoms. The number of carbonyl (C=O) groups excluding carboxylic acids is 3. The predicted octanol–water partition coefficient (Wildman–Crippen LogP) is 6.53. The number of aliphatic hydroxyl groups excluding tert-OH is 1. The van der Waals surface area contributed by atoms with Gasteiger partial charge in [-0.15, -0.1) is 0 Å². The lowest BCUT2D eigenvalue weighted by molar-refractivity contribution is -0.150. The van der Waals surface area contributed by atoms with E-state index >= 15 is 0 Å². The molecule has 2 unspecified atom stereocenters. The molecule has 0 aromatic heterocycles. The number of amides is 2. The molecule has 43 heavy (non-hydrogen) atoms. The first-order valence-electron chi connectivity index (χ1n) is 16.7. The van der Waals surface area contributed by atoms with Crippen LogP contribution in [0.3, 0.4) is 0 Å². The number of nitrogens with one attached hydrogen (secondary N) is 2. The molecule has 9 nitrogen and oxygen atoms in total. The topological polar surface area (TPSA) is 142 Å². The second-order valence-electron chi connectivity index (χ2n) is 11.3. The van der Waals surface area contributed by atoms with Gasteiger partial charge >= 0.3 is 11.9 Å². The number of allylic oxidation sites excluding steroid dienone is 4. The van der Waals surface area contributed by atoms with Crippen molar-refractivity contribution in [1.82, 2.24) is 10.6 Å². The molecular weight excluding hydrogens is 548 g/mol. The number of aliphatic carboxylic acids is 1. The van der Waals surface area contributed by atoms with Crippen molar-refractivity contribution in [3.05, 3.63) is 24.3 Å². The fraction of sp³-hybridized carbons (Fsp3) is 0.765. The Morgan fingerprint density at radius 3 is 1.93 bits per heavy atom. The van der Waals surface area contributed by atoms with Crippen LogP contribution in [0.25, 0.3) is 0 Å². The van der Waals surface area contributed by atoms with Crippen molar-refractivity contribution in [3.63, 3.8) is 0 Å². The van der Waals surface area contributed by atoms with Crippen LogP contribution in [-0.2, 0) is 23.9 Å². The average Bonchev–Trinajstić information content (AvgIpc) is 2.98. The van der Waals surface area contributed by atoms with Crippen molar-refractivity contribution in [3.8, 4) is 0 Å². The number of ether oxygens (including phenoxy) is 1. The molecule has 2 atom stereocenters. The van der Waals surface area contributed by atoms with Crippen LogP contribution >= 0.6 is 0 Å². The average molecular weight is 609 g/mol. The third-order valence-corrected chi connectivity index (χ3v) is 7.20. The van der Waals surface area contributed by atoms with E-state index in [1.54, 1.807) is 0 Å². The van der Waals surface area contributed by atoms with Gasteiger partial charge in [-0.05, 0) is 64.2 Å². The van der Waals surface area contributed by atoms with Gasteiger partial charge in [-0.1, -0.05) is 89.5 Å². The smallest absolute Gasteiger partial charge is 0.328 e. The van der Waals surface area contributed by atoms with Crippen molar-refractivity contribution >= 4 is 23.8 Å². The van der Waals surface area contributed by atoms with Gasteiger partial charge in [0.05, 0.1) is 13.2 Å². The van der Waals surface area contributed by atoms with Crippen LogP contribution in [0.2, 0.25) is 0 Å². The molecule has 4 N–H and O–H groups in total. The van der Waals surface area contributed by atoms with E-state index in [4.69, 9.17) is 14.9 Å². The molecule has 0 radical (unpaired) electrons. The Balaban J connectivity index is 4.05. The quantitative estimate of drug-likeness (QED) is 0.0430. The minimum atomic E-state index is -1.39. The summed E-state index contributed by atoms with van der Waals surface area (Å²) in [7, 11) is 0. The fourth-order valence-electron chi connectivity index (χ4n) is 4.55. The number of carbonyl (C=O) groups is 4. The van der Waals surface area contributed by atoms with Gasteiger partial charge in [-0.25, -0.2) is 4.79 Å². The van der Waals surface area contributed by atoms with Crippen molar-refractivity contribution in [1.29, 1.82) is 0 Å². The number of hydrogen-bond donors (Lipinski definition) is 4. The van der Waals surface area contributed by atoms with Crippen LogP contribution in [0, 0.1) is 0 Å². The van der Waals surface area contributed by atoms with Gasteiger partial charge in [0.1, 0.15) is 12.1 Å². The number of carboxylic acids is 1. The van der Waals surface area contributed by atoms with E-state index in [2.05, 4.69) is 48.8 Å². The van der Waals surface area contributed by atoms with Crippen LogP contribution in [0.1, 0.15) is 142 Å². The summed E-state index contributed by atoms with van der Waals surface area (Å²) in [4.78, 5) is 47.0. The van der Waals surface area contributed by atoms with Crippen LogP contribution < -0.4 is 10.6 Å². The highest BCUT2D eigenvalue weighted by Gasteiger charge is 2.19. The van der Waals surface area contributed by atoms with Crippen molar-refractivity contribution in [2.24, 2.45) is 0 Å². The molecule has 248 valence electrons. The summed E-state index contributed by atoms with van der Waals surface area (Å²) >= 11 is 0. The monoisotopic (exact) mass is 608 g/mol. The molecule has 0 aliphatic heterocycles. The van der Waals surface area contributed by atoms with Crippen molar-refractivity contribution in [2.75, 3.05) is 13.2 Å².